The van der Waals surface area contributed by atoms with Gasteiger partial charge in [0.25, 0.3) is 5.91 Å². The Morgan fingerprint density at radius 1 is 1.16 bits per heavy atom. The fourth-order valence-corrected chi connectivity index (χ4v) is 3.61. The van der Waals surface area contributed by atoms with Crippen molar-refractivity contribution in [3.8, 4) is 0 Å². The maximum Gasteiger partial charge on any atom is 0.251 e. The molecule has 3 N–H and O–H groups in total. The predicted molar refractivity (Wildman–Crippen MR) is 145 cm³/mol. The molecule has 1 amide bonds. The number of likely N-dealkylation sites (N-methyl/N-ethyl adjacent to an activating group) is 1. The zero-order valence-electron chi connectivity index (χ0n) is 20.3. The summed E-state index contributed by atoms with van der Waals surface area (Å²) >= 11 is 0. The molecule has 1 saturated heterocycles. The lowest BCUT2D eigenvalue weighted by Crippen LogP contribution is -2.39. The van der Waals surface area contributed by atoms with Crippen LogP contribution < -0.4 is 16.0 Å². The predicted octanol–water partition coefficient (Wildman–Crippen LogP) is 2.77. The Balaban J connectivity index is 0.00000512. The number of nitrogens with one attached hydrogen (secondary N) is 3. The fourth-order valence-electron chi connectivity index (χ4n) is 3.61. The van der Waals surface area contributed by atoms with Crippen molar-refractivity contribution in [2.24, 2.45) is 10.9 Å². The number of nitrogens with zero attached hydrogens (tertiary/aromatic N) is 3. The molecule has 1 aromatic carbocycles. The third-order valence-electron chi connectivity index (χ3n) is 5.62. The highest BCUT2D eigenvalue weighted by Crippen LogP contribution is 2.15. The van der Waals surface area contributed by atoms with Gasteiger partial charge in [0.05, 0.1) is 6.54 Å². The van der Waals surface area contributed by atoms with E-state index >= 15 is 0 Å². The number of rotatable bonds is 11. The third-order valence-corrected chi connectivity index (χ3v) is 5.62. The van der Waals surface area contributed by atoms with Crippen molar-refractivity contribution in [1.82, 2.24) is 25.8 Å². The smallest absolute Gasteiger partial charge is 0.251 e. The first-order valence-electron chi connectivity index (χ1n) is 11.7. The summed E-state index contributed by atoms with van der Waals surface area (Å²) in [6.45, 7) is 11.8. The van der Waals surface area contributed by atoms with Crippen LogP contribution >= 0.6 is 24.0 Å². The summed E-state index contributed by atoms with van der Waals surface area (Å²) in [4.78, 5) is 21.7. The van der Waals surface area contributed by atoms with Crippen LogP contribution in [0.5, 0.6) is 0 Å². The van der Waals surface area contributed by atoms with Crippen molar-refractivity contribution in [3.63, 3.8) is 0 Å². The number of guanidine groups is 1. The van der Waals surface area contributed by atoms with E-state index < -0.39 is 0 Å². The van der Waals surface area contributed by atoms with Crippen LogP contribution in [0.25, 0.3) is 0 Å². The molecule has 0 atom stereocenters. The van der Waals surface area contributed by atoms with Gasteiger partial charge in [-0.1, -0.05) is 19.1 Å². The van der Waals surface area contributed by atoms with Gasteiger partial charge in [0.2, 0.25) is 0 Å². The summed E-state index contributed by atoms with van der Waals surface area (Å²) in [7, 11) is 3.99. The maximum absolute atomic E-state index is 12.3. The van der Waals surface area contributed by atoms with Crippen LogP contribution in [-0.4, -0.2) is 81.6 Å². The second-order valence-electron chi connectivity index (χ2n) is 8.76. The molecule has 7 nitrogen and oxygen atoms in total. The highest BCUT2D eigenvalue weighted by atomic mass is 127. The van der Waals surface area contributed by atoms with E-state index in [2.05, 4.69) is 34.7 Å². The van der Waals surface area contributed by atoms with Gasteiger partial charge in [-0.2, -0.15) is 0 Å². The van der Waals surface area contributed by atoms with Crippen LogP contribution in [0.3, 0.4) is 0 Å². The molecule has 0 bridgehead atoms. The van der Waals surface area contributed by atoms with Gasteiger partial charge in [-0.25, -0.2) is 4.99 Å². The maximum atomic E-state index is 12.3. The number of halogens is 1. The number of carbonyl (C=O) groups is 1. The topological polar surface area (TPSA) is 72.0 Å². The SMILES string of the molecule is CCNC(=NCc1cccc(C(=O)NCCN(C)C)c1)NCCCN1CCC(C)CC1.I. The van der Waals surface area contributed by atoms with E-state index in [9.17, 15) is 4.79 Å². The first-order valence-corrected chi connectivity index (χ1v) is 11.7. The van der Waals surface area contributed by atoms with Crippen molar-refractivity contribution in [2.45, 2.75) is 39.7 Å². The second kappa shape index (κ2) is 16.3. The van der Waals surface area contributed by atoms with Crippen LogP contribution in [0.4, 0.5) is 0 Å². The van der Waals surface area contributed by atoms with E-state index in [1.54, 1.807) is 0 Å². The van der Waals surface area contributed by atoms with Gasteiger partial charge >= 0.3 is 0 Å². The Morgan fingerprint density at radius 3 is 2.59 bits per heavy atom. The minimum Gasteiger partial charge on any atom is -0.357 e. The Kier molecular flexibility index (Phi) is 14.6. The van der Waals surface area contributed by atoms with Crippen LogP contribution in [-0.2, 0) is 6.54 Å². The lowest BCUT2D eigenvalue weighted by atomic mass is 9.99. The number of amides is 1. The molecule has 1 fully saturated rings. The zero-order chi connectivity index (χ0) is 22.5. The molecule has 1 aliphatic heterocycles. The summed E-state index contributed by atoms with van der Waals surface area (Å²) < 4.78 is 0. The number of hydrogen-bond acceptors (Lipinski definition) is 4. The van der Waals surface area contributed by atoms with Crippen molar-refractivity contribution in [3.05, 3.63) is 35.4 Å². The second-order valence-corrected chi connectivity index (χ2v) is 8.76. The average Bonchev–Trinajstić information content (AvgIpc) is 2.76. The van der Waals surface area contributed by atoms with Gasteiger partial charge in [0.1, 0.15) is 0 Å². The van der Waals surface area contributed by atoms with Gasteiger partial charge in [0, 0.05) is 31.7 Å². The highest BCUT2D eigenvalue weighted by molar-refractivity contribution is 14.0. The van der Waals surface area contributed by atoms with Crippen LogP contribution in [0.2, 0.25) is 0 Å². The van der Waals surface area contributed by atoms with Crippen molar-refractivity contribution in [1.29, 1.82) is 0 Å². The summed E-state index contributed by atoms with van der Waals surface area (Å²) in [5.74, 6) is 1.67. The molecule has 0 radical (unpaired) electrons. The largest absolute Gasteiger partial charge is 0.357 e. The molecule has 0 unspecified atom stereocenters. The minimum atomic E-state index is -0.0372. The van der Waals surface area contributed by atoms with E-state index in [1.807, 2.05) is 43.3 Å². The Bertz CT molecular complexity index is 689. The molecule has 182 valence electrons. The monoisotopic (exact) mass is 558 g/mol. The Hall–Kier alpha value is -1.39. The number of hydrogen-bond donors (Lipinski definition) is 3. The molecule has 0 saturated carbocycles. The Morgan fingerprint density at radius 2 is 1.91 bits per heavy atom. The van der Waals surface area contributed by atoms with Crippen LogP contribution in [0.15, 0.2) is 29.3 Å². The van der Waals surface area contributed by atoms with E-state index in [1.165, 1.54) is 25.9 Å². The van der Waals surface area contributed by atoms with E-state index in [0.29, 0.717) is 18.7 Å². The van der Waals surface area contributed by atoms with Crippen LogP contribution in [0.1, 0.15) is 49.0 Å². The first kappa shape index (κ1) is 28.6. The quantitative estimate of drug-likeness (QED) is 0.169. The van der Waals surface area contributed by atoms with E-state index in [4.69, 9.17) is 4.99 Å². The number of aliphatic imine (C=N–C) groups is 1. The summed E-state index contributed by atoms with van der Waals surface area (Å²) in [6, 6.07) is 7.71. The average molecular weight is 559 g/mol. The van der Waals surface area contributed by atoms with Gasteiger partial charge < -0.3 is 25.8 Å². The van der Waals surface area contributed by atoms with Gasteiger partial charge in [-0.15, -0.1) is 24.0 Å². The number of piperidine rings is 1. The summed E-state index contributed by atoms with van der Waals surface area (Å²) in [6.07, 6.45) is 3.76. The molecule has 0 aromatic heterocycles. The molecular formula is C24H43IN6O. The molecule has 0 aliphatic carbocycles. The number of benzene rings is 1. The van der Waals surface area contributed by atoms with Gasteiger partial charge in [0.15, 0.2) is 5.96 Å². The number of carbonyl (C=O) groups excluding carboxylic acids is 1. The van der Waals surface area contributed by atoms with E-state index in [-0.39, 0.29) is 29.9 Å². The highest BCUT2D eigenvalue weighted by Gasteiger charge is 2.14. The molecule has 1 aliphatic rings. The molecule has 8 heteroatoms. The molecular weight excluding hydrogens is 515 g/mol. The Labute approximate surface area is 211 Å². The van der Waals surface area contributed by atoms with Crippen molar-refractivity contribution < 1.29 is 4.79 Å². The summed E-state index contributed by atoms with van der Waals surface area (Å²) in [5, 5.41) is 9.72. The van der Waals surface area contributed by atoms with E-state index in [0.717, 1.165) is 50.0 Å². The number of likely N-dealkylation sites (tertiary alicyclic amines) is 1. The molecule has 1 aromatic rings. The molecule has 0 spiro atoms. The lowest BCUT2D eigenvalue weighted by Gasteiger charge is -2.30. The van der Waals surface area contributed by atoms with Crippen molar-refractivity contribution >= 4 is 35.8 Å². The first-order chi connectivity index (χ1) is 15.0. The normalized spacial score (nSPS) is 15.3. The lowest BCUT2D eigenvalue weighted by molar-refractivity contribution is 0.0951. The molecule has 32 heavy (non-hydrogen) atoms. The third kappa shape index (κ3) is 11.5. The zero-order valence-corrected chi connectivity index (χ0v) is 22.7. The summed E-state index contributed by atoms with van der Waals surface area (Å²) in [5.41, 5.74) is 1.71. The fraction of sp³-hybridized carbons (Fsp3) is 0.667. The van der Waals surface area contributed by atoms with Crippen molar-refractivity contribution in [2.75, 3.05) is 59.9 Å². The van der Waals surface area contributed by atoms with Crippen LogP contribution in [0, 0.1) is 5.92 Å². The minimum absolute atomic E-state index is 0. The molecule has 1 heterocycles. The molecule has 2 rings (SSSR count). The van der Waals surface area contributed by atoms with Gasteiger partial charge in [-0.05, 0) is 83.5 Å². The standard InChI is InChI=1S/C24H42N6O.HI/c1-5-25-24(27-12-7-14-30-15-10-20(2)11-16-30)28-19-21-8-6-9-22(18-21)23(31)26-13-17-29(3)4;/h6,8-9,18,20H,5,7,10-17,19H2,1-4H3,(H,26,31)(H2,25,27,28);1H. The van der Waals surface area contributed by atoms with Gasteiger partial charge in [-0.3, -0.25) is 4.79 Å².